The Morgan fingerprint density at radius 3 is 2.46 bits per heavy atom. The maximum Gasteiger partial charge on any atom is 0.298 e. The minimum Gasteiger partial charge on any atom is -0.508 e. The number of hydrogen-bond donors (Lipinski definition) is 1. The Morgan fingerprint density at radius 2 is 1.92 bits per heavy atom. The van der Waals surface area contributed by atoms with E-state index in [0.717, 1.165) is 6.20 Å². The Balaban J connectivity index is 2.41. The molecule has 0 radical (unpaired) electrons. The second-order valence-corrected chi connectivity index (χ2v) is 2.52. The zero-order chi connectivity index (χ0) is 9.26. The van der Waals surface area contributed by atoms with Gasteiger partial charge in [-0.1, -0.05) is 0 Å². The molecule has 3 nitrogen and oxygen atoms in total. The predicted octanol–water partition coefficient (Wildman–Crippen LogP) is 2.19. The van der Waals surface area contributed by atoms with Crippen LogP contribution in [-0.4, -0.2) is 10.1 Å². The third-order valence-electron chi connectivity index (χ3n) is 1.59. The average Bonchev–Trinajstić information content (AvgIpc) is 2.53. The molecule has 2 aromatic rings. The van der Waals surface area contributed by atoms with Gasteiger partial charge in [-0.3, -0.25) is 0 Å². The van der Waals surface area contributed by atoms with Crippen molar-refractivity contribution in [3.63, 3.8) is 0 Å². The standard InChI is InChI=1S/C9H6FNO2/c10-8-5-11-9(13-8)6-1-3-7(12)4-2-6/h1-5,12H. The SMILES string of the molecule is Oc1ccc(-c2ncc(F)o2)cc1. The quantitative estimate of drug-likeness (QED) is 0.729. The molecule has 0 fully saturated rings. The highest BCUT2D eigenvalue weighted by Gasteiger charge is 2.04. The first-order chi connectivity index (χ1) is 6.25. The van der Waals surface area contributed by atoms with Gasteiger partial charge in [0.05, 0.1) is 0 Å². The first kappa shape index (κ1) is 7.79. The number of halogens is 1. The highest BCUT2D eigenvalue weighted by Crippen LogP contribution is 2.20. The van der Waals surface area contributed by atoms with Crippen molar-refractivity contribution in [2.24, 2.45) is 0 Å². The van der Waals surface area contributed by atoms with Crippen LogP contribution in [0.4, 0.5) is 4.39 Å². The lowest BCUT2D eigenvalue weighted by molar-refractivity contribution is 0.366. The van der Waals surface area contributed by atoms with Crippen LogP contribution in [0.5, 0.6) is 5.75 Å². The molecule has 13 heavy (non-hydrogen) atoms. The summed E-state index contributed by atoms with van der Waals surface area (Å²) < 4.78 is 17.1. The number of aromatic hydroxyl groups is 1. The fourth-order valence-electron chi connectivity index (χ4n) is 0.992. The van der Waals surface area contributed by atoms with Crippen LogP contribution in [0.25, 0.3) is 11.5 Å². The van der Waals surface area contributed by atoms with Crippen molar-refractivity contribution in [3.8, 4) is 17.2 Å². The van der Waals surface area contributed by atoms with Gasteiger partial charge < -0.3 is 9.52 Å². The molecule has 0 unspecified atom stereocenters. The predicted molar refractivity (Wildman–Crippen MR) is 43.6 cm³/mol. The van der Waals surface area contributed by atoms with E-state index >= 15 is 0 Å². The molecule has 66 valence electrons. The van der Waals surface area contributed by atoms with Crippen LogP contribution < -0.4 is 0 Å². The average molecular weight is 179 g/mol. The number of aromatic nitrogens is 1. The monoisotopic (exact) mass is 179 g/mol. The molecule has 0 amide bonds. The van der Waals surface area contributed by atoms with Crippen LogP contribution >= 0.6 is 0 Å². The Morgan fingerprint density at radius 1 is 1.23 bits per heavy atom. The fourth-order valence-corrected chi connectivity index (χ4v) is 0.992. The molecule has 0 spiro atoms. The second-order valence-electron chi connectivity index (χ2n) is 2.52. The number of nitrogens with zero attached hydrogens (tertiary/aromatic N) is 1. The molecule has 0 aliphatic carbocycles. The van der Waals surface area contributed by atoms with E-state index in [2.05, 4.69) is 9.40 Å². The molecule has 1 aromatic carbocycles. The highest BCUT2D eigenvalue weighted by molar-refractivity contribution is 5.53. The summed E-state index contributed by atoms with van der Waals surface area (Å²) in [5, 5.41) is 8.98. The topological polar surface area (TPSA) is 46.3 Å². The van der Waals surface area contributed by atoms with Gasteiger partial charge in [0.25, 0.3) is 6.01 Å². The van der Waals surface area contributed by atoms with Crippen molar-refractivity contribution >= 4 is 0 Å². The van der Waals surface area contributed by atoms with Crippen LogP contribution in [0.1, 0.15) is 0 Å². The molecular formula is C9H6FNO2. The summed E-state index contributed by atoms with van der Waals surface area (Å²) in [6.45, 7) is 0. The van der Waals surface area contributed by atoms with E-state index in [1.807, 2.05) is 0 Å². The summed E-state index contributed by atoms with van der Waals surface area (Å²) >= 11 is 0. The van der Waals surface area contributed by atoms with Crippen molar-refractivity contribution in [2.75, 3.05) is 0 Å². The van der Waals surface area contributed by atoms with Gasteiger partial charge in [0, 0.05) is 5.56 Å². The van der Waals surface area contributed by atoms with Crippen molar-refractivity contribution < 1.29 is 13.9 Å². The minimum absolute atomic E-state index is 0.149. The Kier molecular flexibility index (Phi) is 1.73. The Labute approximate surface area is 73.5 Å². The van der Waals surface area contributed by atoms with E-state index in [1.165, 1.54) is 12.1 Å². The van der Waals surface area contributed by atoms with Gasteiger partial charge in [0.2, 0.25) is 5.89 Å². The van der Waals surface area contributed by atoms with E-state index < -0.39 is 6.01 Å². The van der Waals surface area contributed by atoms with Crippen molar-refractivity contribution in [3.05, 3.63) is 36.5 Å². The lowest BCUT2D eigenvalue weighted by Gasteiger charge is -1.94. The number of phenolic OH excluding ortho intramolecular Hbond substituents is 1. The molecule has 0 saturated heterocycles. The van der Waals surface area contributed by atoms with E-state index in [1.54, 1.807) is 12.1 Å². The van der Waals surface area contributed by atoms with Crippen LogP contribution in [0.3, 0.4) is 0 Å². The van der Waals surface area contributed by atoms with E-state index in [-0.39, 0.29) is 11.6 Å². The number of rotatable bonds is 1. The normalized spacial score (nSPS) is 10.2. The number of phenols is 1. The molecule has 1 heterocycles. The lowest BCUT2D eigenvalue weighted by atomic mass is 10.2. The molecule has 2 rings (SSSR count). The smallest absolute Gasteiger partial charge is 0.298 e. The summed E-state index contributed by atoms with van der Waals surface area (Å²) in [7, 11) is 0. The lowest BCUT2D eigenvalue weighted by Crippen LogP contribution is -1.74. The molecule has 4 heteroatoms. The van der Waals surface area contributed by atoms with Gasteiger partial charge in [0.15, 0.2) is 0 Å². The maximum absolute atomic E-state index is 12.4. The summed E-state index contributed by atoms with van der Waals surface area (Å²) in [6, 6.07) is 5.44. The van der Waals surface area contributed by atoms with Crippen LogP contribution in [0.15, 0.2) is 34.9 Å². The van der Waals surface area contributed by atoms with E-state index in [4.69, 9.17) is 5.11 Å². The summed E-state index contributed by atoms with van der Waals surface area (Å²) in [5.41, 5.74) is 0.627. The summed E-state index contributed by atoms with van der Waals surface area (Å²) in [6.07, 6.45) is 1.00. The van der Waals surface area contributed by atoms with Crippen molar-refractivity contribution in [1.82, 2.24) is 4.98 Å². The van der Waals surface area contributed by atoms with Gasteiger partial charge >= 0.3 is 0 Å². The molecule has 1 aromatic heterocycles. The van der Waals surface area contributed by atoms with Crippen molar-refractivity contribution in [1.29, 1.82) is 0 Å². The Bertz CT molecular complexity index is 408. The molecule has 0 aliphatic heterocycles. The number of benzene rings is 1. The third-order valence-corrected chi connectivity index (χ3v) is 1.59. The summed E-state index contributed by atoms with van der Waals surface area (Å²) in [5.74, 6) is 0.355. The molecule has 0 bridgehead atoms. The zero-order valence-corrected chi connectivity index (χ0v) is 6.57. The molecular weight excluding hydrogens is 173 g/mol. The van der Waals surface area contributed by atoms with Crippen LogP contribution in [0, 0.1) is 6.01 Å². The zero-order valence-electron chi connectivity index (χ0n) is 6.57. The molecule has 0 saturated carbocycles. The molecule has 1 N–H and O–H groups in total. The van der Waals surface area contributed by atoms with E-state index in [9.17, 15) is 4.39 Å². The van der Waals surface area contributed by atoms with Crippen LogP contribution in [0.2, 0.25) is 0 Å². The van der Waals surface area contributed by atoms with Crippen molar-refractivity contribution in [2.45, 2.75) is 0 Å². The van der Waals surface area contributed by atoms with Gasteiger partial charge in [-0.2, -0.15) is 4.39 Å². The first-order valence-electron chi connectivity index (χ1n) is 3.66. The van der Waals surface area contributed by atoms with E-state index in [0.29, 0.717) is 5.56 Å². The first-order valence-corrected chi connectivity index (χ1v) is 3.66. The molecule has 0 atom stereocenters. The second kappa shape index (κ2) is 2.90. The van der Waals surface area contributed by atoms with Gasteiger partial charge in [-0.05, 0) is 24.3 Å². The fraction of sp³-hybridized carbons (Fsp3) is 0. The van der Waals surface area contributed by atoms with Gasteiger partial charge in [-0.25, -0.2) is 4.98 Å². The largest absolute Gasteiger partial charge is 0.508 e. The third kappa shape index (κ3) is 1.51. The Hall–Kier alpha value is -1.84. The van der Waals surface area contributed by atoms with Crippen LogP contribution in [-0.2, 0) is 0 Å². The maximum atomic E-state index is 12.4. The summed E-state index contributed by atoms with van der Waals surface area (Å²) in [4.78, 5) is 3.69. The van der Waals surface area contributed by atoms with Gasteiger partial charge in [-0.15, -0.1) is 0 Å². The van der Waals surface area contributed by atoms with Gasteiger partial charge in [0.1, 0.15) is 11.9 Å². The minimum atomic E-state index is -0.719. The number of hydrogen-bond acceptors (Lipinski definition) is 3. The number of oxazole rings is 1. The highest BCUT2D eigenvalue weighted by atomic mass is 19.1. The molecule has 0 aliphatic rings.